The van der Waals surface area contributed by atoms with Crippen LogP contribution in [0.15, 0.2) is 6.07 Å². The van der Waals surface area contributed by atoms with Gasteiger partial charge >= 0.3 is 0 Å². The van der Waals surface area contributed by atoms with E-state index in [1.54, 1.807) is 7.11 Å². The number of rotatable bonds is 5. The summed E-state index contributed by atoms with van der Waals surface area (Å²) in [5, 5.41) is 5.29. The first kappa shape index (κ1) is 17.5. The molecule has 1 saturated carbocycles. The Balaban J connectivity index is 1.66. The Hall–Kier alpha value is -1.92. The molecule has 2 atom stereocenters. The van der Waals surface area contributed by atoms with Gasteiger partial charge in [-0.2, -0.15) is 0 Å². The maximum Gasteiger partial charge on any atom is 0.253 e. The number of hydrogen-bond acceptors (Lipinski definition) is 5. The van der Waals surface area contributed by atoms with Crippen molar-refractivity contribution in [2.75, 3.05) is 26.8 Å². The Morgan fingerprint density at radius 1 is 1.38 bits per heavy atom. The zero-order valence-corrected chi connectivity index (χ0v) is 15.5. The summed E-state index contributed by atoms with van der Waals surface area (Å²) in [6.45, 7) is 4.03. The van der Waals surface area contributed by atoms with Crippen molar-refractivity contribution >= 4 is 18.1 Å². The molecule has 6 heteroatoms. The van der Waals surface area contributed by atoms with Crippen LogP contribution in [0.25, 0.3) is 12.2 Å². The predicted molar refractivity (Wildman–Crippen MR) is 99.1 cm³/mol. The highest BCUT2D eigenvalue weighted by Crippen LogP contribution is 2.35. The molecule has 6 nitrogen and oxygen atoms in total. The first-order valence-corrected chi connectivity index (χ1v) is 9.59. The Labute approximate surface area is 153 Å². The van der Waals surface area contributed by atoms with Gasteiger partial charge in [0.15, 0.2) is 0 Å². The molecular weight excluding hydrogens is 330 g/mol. The van der Waals surface area contributed by atoms with Crippen molar-refractivity contribution in [3.63, 3.8) is 0 Å². The third kappa shape index (κ3) is 3.35. The largest absolute Gasteiger partial charge is 0.496 e. The van der Waals surface area contributed by atoms with Crippen LogP contribution in [0.1, 0.15) is 44.3 Å². The van der Waals surface area contributed by atoms with E-state index in [2.05, 4.69) is 24.4 Å². The number of carbonyl (C=O) groups excluding carboxylic acids is 1. The quantitative estimate of drug-likeness (QED) is 0.831. The molecule has 26 heavy (non-hydrogen) atoms. The van der Waals surface area contributed by atoms with Crippen LogP contribution in [0.3, 0.4) is 0 Å². The summed E-state index contributed by atoms with van der Waals surface area (Å²) in [4.78, 5) is 20.0. The molecule has 0 spiro atoms. The van der Waals surface area contributed by atoms with Gasteiger partial charge in [-0.3, -0.25) is 9.78 Å². The lowest BCUT2D eigenvalue weighted by Crippen LogP contribution is -2.51. The Morgan fingerprint density at radius 3 is 2.88 bits per heavy atom. The molecule has 1 saturated heterocycles. The van der Waals surface area contributed by atoms with Gasteiger partial charge in [0.1, 0.15) is 11.9 Å². The van der Waals surface area contributed by atoms with Crippen molar-refractivity contribution in [1.82, 2.24) is 15.2 Å². The maximum atomic E-state index is 13.1. The van der Waals surface area contributed by atoms with E-state index in [0.29, 0.717) is 19.2 Å². The smallest absolute Gasteiger partial charge is 0.253 e. The Morgan fingerprint density at radius 2 is 2.19 bits per heavy atom. The number of morpholine rings is 1. The van der Waals surface area contributed by atoms with E-state index in [-0.39, 0.29) is 11.9 Å². The molecule has 3 aliphatic rings. The van der Waals surface area contributed by atoms with Gasteiger partial charge in [0.2, 0.25) is 0 Å². The fraction of sp³-hybridized carbons (Fsp3) is 0.600. The van der Waals surface area contributed by atoms with Gasteiger partial charge in [0.25, 0.3) is 5.91 Å². The van der Waals surface area contributed by atoms with Crippen LogP contribution in [0.2, 0.25) is 0 Å². The molecule has 0 unspecified atom stereocenters. The summed E-state index contributed by atoms with van der Waals surface area (Å²) in [5.74, 6) is 0.910. The number of nitrogens with zero attached hydrogens (tertiary/aromatic N) is 2. The third-order valence-electron chi connectivity index (χ3n) is 5.39. The van der Waals surface area contributed by atoms with Crippen molar-refractivity contribution < 1.29 is 14.3 Å². The summed E-state index contributed by atoms with van der Waals surface area (Å²) in [6, 6.07) is 2.18. The average molecular weight is 357 g/mol. The molecular formula is C20H27N3O3. The molecule has 1 aliphatic heterocycles. The highest BCUT2D eigenvalue weighted by molar-refractivity contribution is 5.82. The lowest BCUT2D eigenvalue weighted by atomic mass is 10.1. The number of hydrogen-bond donors (Lipinski definition) is 1. The van der Waals surface area contributed by atoms with E-state index < -0.39 is 6.10 Å². The van der Waals surface area contributed by atoms with Crippen molar-refractivity contribution in [3.8, 4) is 5.75 Å². The molecule has 140 valence electrons. The molecule has 1 N–H and O–H groups in total. The number of pyridine rings is 1. The van der Waals surface area contributed by atoms with Gasteiger partial charge in [-0.1, -0.05) is 12.2 Å². The molecule has 0 radical (unpaired) electrons. The number of methoxy groups -OCH3 is 1. The third-order valence-corrected chi connectivity index (χ3v) is 5.39. The van der Waals surface area contributed by atoms with Crippen LogP contribution < -0.4 is 20.6 Å². The normalized spacial score (nSPS) is 23.2. The highest BCUT2D eigenvalue weighted by atomic mass is 16.5. The minimum absolute atomic E-state index is 0.0706. The fourth-order valence-corrected chi connectivity index (χ4v) is 3.83. The van der Waals surface area contributed by atoms with Gasteiger partial charge < -0.3 is 19.7 Å². The van der Waals surface area contributed by atoms with Crippen molar-refractivity contribution in [2.24, 2.45) is 0 Å². The molecule has 1 amide bonds. The molecule has 0 bridgehead atoms. The van der Waals surface area contributed by atoms with Crippen LogP contribution in [0, 0.1) is 0 Å². The SMILES string of the molecule is COc1cc([C@H](C)N(C(=O)[C@H]2CNCCO2)C2CC2)nc2c1=CCCC=2. The van der Waals surface area contributed by atoms with Crippen LogP contribution >= 0.6 is 0 Å². The summed E-state index contributed by atoms with van der Waals surface area (Å²) in [5.41, 5.74) is 0.885. The average Bonchev–Trinajstić information content (AvgIpc) is 3.52. The summed E-state index contributed by atoms with van der Waals surface area (Å²) < 4.78 is 11.3. The minimum Gasteiger partial charge on any atom is -0.496 e. The second-order valence-electron chi connectivity index (χ2n) is 7.25. The molecule has 4 rings (SSSR count). The van der Waals surface area contributed by atoms with E-state index in [4.69, 9.17) is 14.5 Å². The highest BCUT2D eigenvalue weighted by Gasteiger charge is 2.40. The molecule has 2 aliphatic carbocycles. The molecule has 2 fully saturated rings. The Bertz CT molecular complexity index is 797. The van der Waals surface area contributed by atoms with Crippen molar-refractivity contribution in [1.29, 1.82) is 0 Å². The molecule has 0 aromatic carbocycles. The lowest BCUT2D eigenvalue weighted by Gasteiger charge is -2.34. The van der Waals surface area contributed by atoms with Gasteiger partial charge in [0, 0.05) is 30.4 Å². The van der Waals surface area contributed by atoms with E-state index in [1.165, 1.54) is 0 Å². The van der Waals surface area contributed by atoms with Crippen LogP contribution in [0.5, 0.6) is 5.75 Å². The van der Waals surface area contributed by atoms with E-state index in [9.17, 15) is 4.79 Å². The molecule has 1 aromatic rings. The van der Waals surface area contributed by atoms with Gasteiger partial charge in [-0.05, 0) is 32.6 Å². The fourth-order valence-electron chi connectivity index (χ4n) is 3.83. The van der Waals surface area contributed by atoms with E-state index >= 15 is 0 Å². The first-order chi connectivity index (χ1) is 12.7. The van der Waals surface area contributed by atoms with E-state index in [0.717, 1.165) is 54.2 Å². The molecule has 1 aromatic heterocycles. The minimum atomic E-state index is -0.397. The number of amides is 1. The van der Waals surface area contributed by atoms with Crippen molar-refractivity contribution in [3.05, 3.63) is 22.3 Å². The number of carbonyl (C=O) groups is 1. The second-order valence-corrected chi connectivity index (χ2v) is 7.25. The number of ether oxygens (including phenoxy) is 2. The summed E-state index contributed by atoms with van der Waals surface area (Å²) >= 11 is 0. The van der Waals surface area contributed by atoms with Crippen LogP contribution in [0.4, 0.5) is 0 Å². The lowest BCUT2D eigenvalue weighted by molar-refractivity contribution is -0.148. The second kappa shape index (κ2) is 7.37. The Kier molecular flexibility index (Phi) is 4.96. The van der Waals surface area contributed by atoms with Crippen LogP contribution in [-0.4, -0.2) is 54.7 Å². The zero-order valence-electron chi connectivity index (χ0n) is 15.5. The number of fused-ring (bicyclic) bond motifs is 1. The monoisotopic (exact) mass is 357 g/mol. The predicted octanol–water partition coefficient (Wildman–Crippen LogP) is 0.485. The summed E-state index contributed by atoms with van der Waals surface area (Å²) in [6.07, 6.45) is 8.06. The van der Waals surface area contributed by atoms with Crippen molar-refractivity contribution in [2.45, 2.75) is 50.8 Å². The van der Waals surface area contributed by atoms with Gasteiger partial charge in [-0.15, -0.1) is 0 Å². The molecule has 2 heterocycles. The number of nitrogens with one attached hydrogen (secondary N) is 1. The van der Waals surface area contributed by atoms with Gasteiger partial charge in [-0.25, -0.2) is 0 Å². The van der Waals surface area contributed by atoms with Gasteiger partial charge in [0.05, 0.1) is 30.8 Å². The van der Waals surface area contributed by atoms with Crippen LogP contribution in [-0.2, 0) is 9.53 Å². The summed E-state index contributed by atoms with van der Waals surface area (Å²) in [7, 11) is 1.69. The maximum absolute atomic E-state index is 13.1. The standard InChI is InChI=1S/C20H27N3O3/c1-13(17-11-18(25-2)15-5-3-4-6-16(15)22-17)23(14-7-8-14)20(24)19-12-21-9-10-26-19/h5-6,11,13-14,19,21H,3-4,7-10,12H2,1-2H3/t13-,19+/m0/s1. The first-order valence-electron chi connectivity index (χ1n) is 9.59. The topological polar surface area (TPSA) is 63.7 Å². The zero-order chi connectivity index (χ0) is 18.1. The van der Waals surface area contributed by atoms with E-state index in [1.807, 2.05) is 11.0 Å². The number of aromatic nitrogens is 1.